The number of benzene rings is 1. The van der Waals surface area contributed by atoms with Crippen LogP contribution in [-0.2, 0) is 11.2 Å². The highest BCUT2D eigenvalue weighted by atomic mass is 16.5. The highest BCUT2D eigenvalue weighted by Crippen LogP contribution is 2.24. The molecule has 1 N–H and O–H groups in total. The second-order valence-corrected chi connectivity index (χ2v) is 5.93. The number of hydrogen-bond donors (Lipinski definition) is 1. The highest BCUT2D eigenvalue weighted by Gasteiger charge is 2.25. The summed E-state index contributed by atoms with van der Waals surface area (Å²) in [5, 5.41) is 3.33. The zero-order chi connectivity index (χ0) is 14.7. The van der Waals surface area contributed by atoms with Gasteiger partial charge in [0.2, 0.25) is 0 Å². The van der Waals surface area contributed by atoms with Crippen LogP contribution in [0, 0.1) is 0 Å². The molecule has 1 saturated heterocycles. The monoisotopic (exact) mass is 288 g/mol. The summed E-state index contributed by atoms with van der Waals surface area (Å²) < 4.78 is 5.82. The molecule has 4 nitrogen and oxygen atoms in total. The summed E-state index contributed by atoms with van der Waals surface area (Å²) in [5.74, 6) is 0.148. The molecule has 1 unspecified atom stereocenters. The van der Waals surface area contributed by atoms with Crippen molar-refractivity contribution in [2.24, 2.45) is 0 Å². The Bertz CT molecular complexity index is 516. The molecule has 4 heteroatoms. The molecule has 1 atom stereocenters. The molecule has 21 heavy (non-hydrogen) atoms. The first kappa shape index (κ1) is 14.4. The molecular formula is C17H24N2O2. The van der Waals surface area contributed by atoms with E-state index in [-0.39, 0.29) is 12.0 Å². The van der Waals surface area contributed by atoms with Gasteiger partial charge in [0.15, 0.2) is 0 Å². The first-order valence-electron chi connectivity index (χ1n) is 8.05. The van der Waals surface area contributed by atoms with Crippen molar-refractivity contribution in [1.29, 1.82) is 0 Å². The Hall–Kier alpha value is -1.55. The zero-order valence-electron chi connectivity index (χ0n) is 12.7. The number of carbonyl (C=O) groups is 1. The van der Waals surface area contributed by atoms with Crippen LogP contribution in [0.2, 0.25) is 0 Å². The maximum Gasteiger partial charge on any atom is 0.253 e. The zero-order valence-corrected chi connectivity index (χ0v) is 12.7. The summed E-state index contributed by atoms with van der Waals surface area (Å²) in [5.41, 5.74) is 3.25. The Morgan fingerprint density at radius 1 is 1.48 bits per heavy atom. The van der Waals surface area contributed by atoms with Crippen molar-refractivity contribution in [3.63, 3.8) is 0 Å². The van der Waals surface area contributed by atoms with Crippen LogP contribution in [0.3, 0.4) is 0 Å². The molecule has 2 aliphatic rings. The minimum absolute atomic E-state index is 0.148. The van der Waals surface area contributed by atoms with Crippen molar-refractivity contribution >= 4 is 11.6 Å². The molecule has 1 aromatic rings. The highest BCUT2D eigenvalue weighted by molar-refractivity contribution is 5.95. The molecular weight excluding hydrogens is 264 g/mol. The Morgan fingerprint density at radius 3 is 3.24 bits per heavy atom. The van der Waals surface area contributed by atoms with Crippen molar-refractivity contribution in [2.45, 2.75) is 38.7 Å². The Kier molecular flexibility index (Phi) is 4.44. The number of rotatable bonds is 4. The third-order valence-corrected chi connectivity index (χ3v) is 4.29. The molecule has 0 spiro atoms. The minimum Gasteiger partial charge on any atom is -0.384 e. The molecule has 0 saturated carbocycles. The average Bonchev–Trinajstić information content (AvgIpc) is 3.00. The molecule has 0 radical (unpaired) electrons. The van der Waals surface area contributed by atoms with E-state index in [0.29, 0.717) is 0 Å². The van der Waals surface area contributed by atoms with Gasteiger partial charge in [-0.2, -0.15) is 0 Å². The van der Waals surface area contributed by atoms with Crippen LogP contribution in [0.15, 0.2) is 18.2 Å². The number of amides is 1. The largest absolute Gasteiger partial charge is 0.384 e. The van der Waals surface area contributed by atoms with Crippen molar-refractivity contribution < 1.29 is 9.53 Å². The van der Waals surface area contributed by atoms with E-state index in [1.54, 1.807) is 0 Å². The van der Waals surface area contributed by atoms with Gasteiger partial charge in [-0.05, 0) is 49.4 Å². The third-order valence-electron chi connectivity index (χ3n) is 4.29. The summed E-state index contributed by atoms with van der Waals surface area (Å²) in [6.45, 7) is 5.46. The van der Waals surface area contributed by atoms with Crippen molar-refractivity contribution in [3.8, 4) is 0 Å². The SMILES string of the molecule is CCCOC1CCCN(C(=O)c2ccc3c(c2)CCN3)C1. The number of piperidine rings is 1. The van der Waals surface area contributed by atoms with Gasteiger partial charge in [0, 0.05) is 37.5 Å². The first-order valence-corrected chi connectivity index (χ1v) is 8.05. The van der Waals surface area contributed by atoms with Gasteiger partial charge in [0.05, 0.1) is 6.10 Å². The van der Waals surface area contributed by atoms with Crippen LogP contribution >= 0.6 is 0 Å². The van der Waals surface area contributed by atoms with Gasteiger partial charge >= 0.3 is 0 Å². The average molecular weight is 288 g/mol. The second kappa shape index (κ2) is 6.48. The van der Waals surface area contributed by atoms with Crippen LogP contribution in [0.5, 0.6) is 0 Å². The molecule has 1 aromatic carbocycles. The fourth-order valence-corrected chi connectivity index (χ4v) is 3.16. The standard InChI is InChI=1S/C17H24N2O2/c1-2-10-21-15-4-3-9-19(12-15)17(20)14-5-6-16-13(11-14)7-8-18-16/h5-6,11,15,18H,2-4,7-10,12H2,1H3. The molecule has 2 heterocycles. The molecule has 0 aromatic heterocycles. The van der Waals surface area contributed by atoms with Gasteiger partial charge in [0.25, 0.3) is 5.91 Å². The maximum atomic E-state index is 12.7. The Labute approximate surface area is 126 Å². The Balaban J connectivity index is 1.67. The summed E-state index contributed by atoms with van der Waals surface area (Å²) in [6.07, 6.45) is 4.35. The smallest absolute Gasteiger partial charge is 0.253 e. The second-order valence-electron chi connectivity index (χ2n) is 5.93. The van der Waals surface area contributed by atoms with Crippen molar-refractivity contribution in [2.75, 3.05) is 31.6 Å². The summed E-state index contributed by atoms with van der Waals surface area (Å²) in [7, 11) is 0. The van der Waals surface area contributed by atoms with Gasteiger partial charge < -0.3 is 15.0 Å². The van der Waals surface area contributed by atoms with Gasteiger partial charge in [0.1, 0.15) is 0 Å². The van der Waals surface area contributed by atoms with E-state index >= 15 is 0 Å². The predicted molar refractivity (Wildman–Crippen MR) is 83.8 cm³/mol. The fourth-order valence-electron chi connectivity index (χ4n) is 3.16. The molecule has 1 fully saturated rings. The lowest BCUT2D eigenvalue weighted by Crippen LogP contribution is -2.43. The lowest BCUT2D eigenvalue weighted by molar-refractivity contribution is 0.00211. The number of likely N-dealkylation sites (tertiary alicyclic amines) is 1. The van der Waals surface area contributed by atoms with Gasteiger partial charge in [-0.15, -0.1) is 0 Å². The normalized spacial score (nSPS) is 21.0. The van der Waals surface area contributed by atoms with Crippen molar-refractivity contribution in [3.05, 3.63) is 29.3 Å². The van der Waals surface area contributed by atoms with E-state index in [9.17, 15) is 4.79 Å². The molecule has 1 amide bonds. The fraction of sp³-hybridized carbons (Fsp3) is 0.588. The van der Waals surface area contributed by atoms with E-state index in [1.807, 2.05) is 23.1 Å². The number of hydrogen-bond acceptors (Lipinski definition) is 3. The van der Waals surface area contributed by atoms with Gasteiger partial charge in [-0.25, -0.2) is 0 Å². The minimum atomic E-state index is 0.148. The maximum absolute atomic E-state index is 12.7. The Morgan fingerprint density at radius 2 is 2.38 bits per heavy atom. The number of ether oxygens (including phenoxy) is 1. The third kappa shape index (κ3) is 3.21. The quantitative estimate of drug-likeness (QED) is 0.926. The molecule has 0 aliphatic carbocycles. The summed E-state index contributed by atoms with van der Waals surface area (Å²) in [4.78, 5) is 14.6. The number of nitrogens with zero attached hydrogens (tertiary/aromatic N) is 1. The molecule has 0 bridgehead atoms. The van der Waals surface area contributed by atoms with E-state index in [4.69, 9.17) is 4.74 Å². The number of fused-ring (bicyclic) bond motifs is 1. The van der Waals surface area contributed by atoms with Crippen LogP contribution in [0.25, 0.3) is 0 Å². The van der Waals surface area contributed by atoms with Crippen LogP contribution in [-0.4, -0.2) is 43.2 Å². The molecule has 2 aliphatic heterocycles. The number of carbonyl (C=O) groups excluding carboxylic acids is 1. The van der Waals surface area contributed by atoms with E-state index in [2.05, 4.69) is 12.2 Å². The topological polar surface area (TPSA) is 41.6 Å². The summed E-state index contributed by atoms with van der Waals surface area (Å²) in [6, 6.07) is 6.02. The predicted octanol–water partition coefficient (Wildman–Crippen LogP) is 2.69. The van der Waals surface area contributed by atoms with E-state index in [0.717, 1.165) is 57.5 Å². The molecule has 114 valence electrons. The van der Waals surface area contributed by atoms with E-state index in [1.165, 1.54) is 11.3 Å². The van der Waals surface area contributed by atoms with Gasteiger partial charge in [-0.1, -0.05) is 6.92 Å². The van der Waals surface area contributed by atoms with E-state index < -0.39 is 0 Å². The van der Waals surface area contributed by atoms with Crippen LogP contribution < -0.4 is 5.32 Å². The summed E-state index contributed by atoms with van der Waals surface area (Å²) >= 11 is 0. The lowest BCUT2D eigenvalue weighted by atomic mass is 10.0. The first-order chi connectivity index (χ1) is 10.3. The molecule has 3 rings (SSSR count). The van der Waals surface area contributed by atoms with Gasteiger partial charge in [-0.3, -0.25) is 4.79 Å². The van der Waals surface area contributed by atoms with Crippen LogP contribution in [0.4, 0.5) is 5.69 Å². The number of anilines is 1. The van der Waals surface area contributed by atoms with Crippen molar-refractivity contribution in [1.82, 2.24) is 4.90 Å². The number of nitrogens with one attached hydrogen (secondary N) is 1. The lowest BCUT2D eigenvalue weighted by Gasteiger charge is -2.32. The van der Waals surface area contributed by atoms with Crippen LogP contribution in [0.1, 0.15) is 42.1 Å².